The van der Waals surface area contributed by atoms with Crippen molar-refractivity contribution in [3.8, 4) is 0 Å². The van der Waals surface area contributed by atoms with Gasteiger partial charge in [-0.25, -0.2) is 4.39 Å². The number of benzene rings is 1. The van der Waals surface area contributed by atoms with Crippen LogP contribution in [0.2, 0.25) is 0 Å². The van der Waals surface area contributed by atoms with E-state index in [1.807, 2.05) is 24.1 Å². The number of hydrogen-bond acceptors (Lipinski definition) is 3. The Labute approximate surface area is 128 Å². The number of aliphatic hydroxyl groups excluding tert-OH is 1. The molecule has 1 atom stereocenters. The topological polar surface area (TPSA) is 35.5 Å². The van der Waals surface area contributed by atoms with E-state index in [2.05, 4.69) is 19.2 Å². The summed E-state index contributed by atoms with van der Waals surface area (Å²) in [5, 5.41) is 12.1. The van der Waals surface area contributed by atoms with Crippen molar-refractivity contribution in [2.24, 2.45) is 0 Å². The minimum Gasteiger partial charge on any atom is -0.396 e. The molecule has 2 N–H and O–H groups in total. The fourth-order valence-electron chi connectivity index (χ4n) is 2.34. The van der Waals surface area contributed by atoms with Gasteiger partial charge in [0, 0.05) is 26.2 Å². The summed E-state index contributed by atoms with van der Waals surface area (Å²) in [5.41, 5.74) is 1.63. The van der Waals surface area contributed by atoms with Crippen LogP contribution in [0.3, 0.4) is 0 Å². The lowest BCUT2D eigenvalue weighted by molar-refractivity contribution is 0.283. The minimum absolute atomic E-state index is 0.165. The van der Waals surface area contributed by atoms with Crippen LogP contribution in [0.1, 0.15) is 51.1 Å². The molecule has 1 aromatic rings. The molecular formula is C17H29FN2O. The van der Waals surface area contributed by atoms with Gasteiger partial charge >= 0.3 is 0 Å². The highest BCUT2D eigenvalue weighted by atomic mass is 19.1. The van der Waals surface area contributed by atoms with Crippen LogP contribution in [0.25, 0.3) is 0 Å². The molecule has 120 valence electrons. The van der Waals surface area contributed by atoms with Gasteiger partial charge in [-0.2, -0.15) is 0 Å². The maximum Gasteiger partial charge on any atom is 0.146 e. The molecule has 4 heteroatoms. The maximum atomic E-state index is 14.2. The molecule has 0 aromatic heterocycles. The Morgan fingerprint density at radius 3 is 2.67 bits per heavy atom. The molecule has 0 spiro atoms. The van der Waals surface area contributed by atoms with Crippen LogP contribution < -0.4 is 10.2 Å². The van der Waals surface area contributed by atoms with Crippen molar-refractivity contribution in [2.45, 2.75) is 45.6 Å². The average Bonchev–Trinajstić information content (AvgIpc) is 2.48. The van der Waals surface area contributed by atoms with Crippen LogP contribution in [0, 0.1) is 5.82 Å². The van der Waals surface area contributed by atoms with E-state index in [1.165, 1.54) is 0 Å². The molecular weight excluding hydrogens is 267 g/mol. The molecule has 1 unspecified atom stereocenters. The zero-order valence-electron chi connectivity index (χ0n) is 13.5. The summed E-state index contributed by atoms with van der Waals surface area (Å²) in [6, 6.07) is 5.66. The van der Waals surface area contributed by atoms with Gasteiger partial charge in [-0.3, -0.25) is 0 Å². The smallest absolute Gasteiger partial charge is 0.146 e. The van der Waals surface area contributed by atoms with Gasteiger partial charge in [-0.15, -0.1) is 0 Å². The number of anilines is 1. The SMILES string of the molecule is CCCNC(C)c1ccc(N(C)CCCCCO)c(F)c1. The molecule has 0 amide bonds. The maximum absolute atomic E-state index is 14.2. The Hall–Kier alpha value is -1.13. The predicted octanol–water partition coefficient (Wildman–Crippen LogP) is 3.49. The predicted molar refractivity (Wildman–Crippen MR) is 87.3 cm³/mol. The summed E-state index contributed by atoms with van der Waals surface area (Å²) in [6.07, 6.45) is 3.82. The van der Waals surface area contributed by atoms with Crippen LogP contribution in [0.15, 0.2) is 18.2 Å². The normalized spacial score (nSPS) is 12.4. The van der Waals surface area contributed by atoms with Gasteiger partial charge in [0.2, 0.25) is 0 Å². The van der Waals surface area contributed by atoms with Crippen molar-refractivity contribution >= 4 is 5.69 Å². The molecule has 1 rings (SSSR count). The first-order chi connectivity index (χ1) is 10.1. The van der Waals surface area contributed by atoms with Crippen LogP contribution in [-0.2, 0) is 0 Å². The number of nitrogens with zero attached hydrogens (tertiary/aromatic N) is 1. The highest BCUT2D eigenvalue weighted by Gasteiger charge is 2.11. The largest absolute Gasteiger partial charge is 0.396 e. The zero-order chi connectivity index (χ0) is 15.7. The fraction of sp³-hybridized carbons (Fsp3) is 0.647. The number of aliphatic hydroxyl groups is 1. The number of halogens is 1. The molecule has 0 saturated heterocycles. The first-order valence-electron chi connectivity index (χ1n) is 7.95. The number of rotatable bonds is 10. The lowest BCUT2D eigenvalue weighted by Crippen LogP contribution is -2.21. The summed E-state index contributed by atoms with van der Waals surface area (Å²) >= 11 is 0. The number of hydrogen-bond donors (Lipinski definition) is 2. The molecule has 21 heavy (non-hydrogen) atoms. The summed E-state index contributed by atoms with van der Waals surface area (Å²) in [5.74, 6) is -0.165. The summed E-state index contributed by atoms with van der Waals surface area (Å²) < 4.78 is 14.2. The van der Waals surface area contributed by atoms with Crippen molar-refractivity contribution in [2.75, 3.05) is 31.6 Å². The Morgan fingerprint density at radius 1 is 1.29 bits per heavy atom. The lowest BCUT2D eigenvalue weighted by Gasteiger charge is -2.21. The van der Waals surface area contributed by atoms with Crippen molar-refractivity contribution in [1.29, 1.82) is 0 Å². The third-order valence-electron chi connectivity index (χ3n) is 3.74. The highest BCUT2D eigenvalue weighted by Crippen LogP contribution is 2.23. The fourth-order valence-corrected chi connectivity index (χ4v) is 2.34. The van der Waals surface area contributed by atoms with Gasteiger partial charge in [0.25, 0.3) is 0 Å². The molecule has 0 aliphatic carbocycles. The molecule has 0 bridgehead atoms. The van der Waals surface area contributed by atoms with E-state index in [0.29, 0.717) is 5.69 Å². The van der Waals surface area contributed by atoms with Gasteiger partial charge in [-0.05, 0) is 56.8 Å². The Balaban J connectivity index is 2.60. The van der Waals surface area contributed by atoms with Crippen molar-refractivity contribution in [1.82, 2.24) is 5.32 Å². The van der Waals surface area contributed by atoms with Gasteiger partial charge in [-0.1, -0.05) is 13.0 Å². The van der Waals surface area contributed by atoms with E-state index in [4.69, 9.17) is 5.11 Å². The number of nitrogens with one attached hydrogen (secondary N) is 1. The van der Waals surface area contributed by atoms with Crippen LogP contribution in [0.5, 0.6) is 0 Å². The molecule has 1 aromatic carbocycles. The van der Waals surface area contributed by atoms with E-state index in [9.17, 15) is 4.39 Å². The quantitative estimate of drug-likeness (QED) is 0.649. The molecule has 3 nitrogen and oxygen atoms in total. The second-order valence-electron chi connectivity index (χ2n) is 5.59. The standard InChI is InChI=1S/C17H29FN2O/c1-4-10-19-14(2)15-8-9-17(16(18)13-15)20(3)11-6-5-7-12-21/h8-9,13-14,19,21H,4-7,10-12H2,1-3H3. The zero-order valence-corrected chi connectivity index (χ0v) is 13.5. The molecule has 0 heterocycles. The molecule has 0 aliphatic rings. The van der Waals surface area contributed by atoms with E-state index in [0.717, 1.165) is 44.3 Å². The molecule has 0 radical (unpaired) electrons. The second kappa shape index (κ2) is 9.74. The third kappa shape index (κ3) is 6.02. The first kappa shape index (κ1) is 17.9. The second-order valence-corrected chi connectivity index (χ2v) is 5.59. The Bertz CT molecular complexity index is 412. The van der Waals surface area contributed by atoms with E-state index >= 15 is 0 Å². The molecule has 0 fully saturated rings. The Kier molecular flexibility index (Phi) is 8.31. The van der Waals surface area contributed by atoms with Crippen molar-refractivity contribution in [3.05, 3.63) is 29.6 Å². The van der Waals surface area contributed by atoms with Gasteiger partial charge in [0.05, 0.1) is 5.69 Å². The van der Waals surface area contributed by atoms with Crippen LogP contribution in [-0.4, -0.2) is 31.9 Å². The van der Waals surface area contributed by atoms with Crippen LogP contribution in [0.4, 0.5) is 10.1 Å². The van der Waals surface area contributed by atoms with Crippen LogP contribution >= 0.6 is 0 Å². The van der Waals surface area contributed by atoms with E-state index in [-0.39, 0.29) is 18.5 Å². The summed E-state index contributed by atoms with van der Waals surface area (Å²) in [4.78, 5) is 1.95. The van der Waals surface area contributed by atoms with Gasteiger partial charge in [0.15, 0.2) is 0 Å². The average molecular weight is 296 g/mol. The first-order valence-corrected chi connectivity index (χ1v) is 7.95. The Morgan fingerprint density at radius 2 is 2.05 bits per heavy atom. The third-order valence-corrected chi connectivity index (χ3v) is 3.74. The number of unbranched alkanes of at least 4 members (excludes halogenated alkanes) is 2. The van der Waals surface area contributed by atoms with E-state index in [1.54, 1.807) is 6.07 Å². The monoisotopic (exact) mass is 296 g/mol. The highest BCUT2D eigenvalue weighted by molar-refractivity contribution is 5.48. The molecule has 0 aliphatic heterocycles. The minimum atomic E-state index is -0.165. The van der Waals surface area contributed by atoms with E-state index < -0.39 is 0 Å². The summed E-state index contributed by atoms with van der Waals surface area (Å²) in [6.45, 7) is 6.16. The van der Waals surface area contributed by atoms with Crippen molar-refractivity contribution < 1.29 is 9.50 Å². The summed E-state index contributed by atoms with van der Waals surface area (Å²) in [7, 11) is 1.91. The van der Waals surface area contributed by atoms with Crippen molar-refractivity contribution in [3.63, 3.8) is 0 Å². The van der Waals surface area contributed by atoms with Gasteiger partial charge in [0.1, 0.15) is 5.82 Å². The molecule has 0 saturated carbocycles. The lowest BCUT2D eigenvalue weighted by atomic mass is 10.1. The van der Waals surface area contributed by atoms with Gasteiger partial charge < -0.3 is 15.3 Å².